The predicted octanol–water partition coefficient (Wildman–Crippen LogP) is 3.71. The van der Waals surface area contributed by atoms with Crippen LogP contribution in [0, 0.1) is 0 Å². The lowest BCUT2D eigenvalue weighted by Crippen LogP contribution is -2.49. The maximum atomic E-state index is 2.67. The first-order chi connectivity index (χ1) is 9.76. The first kappa shape index (κ1) is 15.9. The van der Waals surface area contributed by atoms with Crippen LogP contribution in [0.3, 0.4) is 0 Å². The summed E-state index contributed by atoms with van der Waals surface area (Å²) in [4.78, 5) is 6.62. The molecule has 1 aliphatic rings. The van der Waals surface area contributed by atoms with Crippen molar-refractivity contribution in [3.05, 3.63) is 29.8 Å². The maximum absolute atomic E-state index is 2.67. The lowest BCUT2D eigenvalue weighted by Gasteiger charge is -2.38. The molecule has 3 heteroatoms. The molecule has 0 unspecified atom stereocenters. The Hall–Kier alpha value is -0.510. The summed E-state index contributed by atoms with van der Waals surface area (Å²) in [6, 6.07) is 9.82. The Kier molecular flexibility index (Phi) is 6.40. The summed E-state index contributed by atoms with van der Waals surface area (Å²) in [6.07, 6.45) is 4.70. The van der Waals surface area contributed by atoms with E-state index in [0.29, 0.717) is 0 Å². The van der Waals surface area contributed by atoms with E-state index in [1.807, 2.05) is 11.8 Å². The van der Waals surface area contributed by atoms with Gasteiger partial charge in [0.1, 0.15) is 0 Å². The molecule has 1 heterocycles. The van der Waals surface area contributed by atoms with Crippen molar-refractivity contribution in [1.29, 1.82) is 0 Å². The summed E-state index contributed by atoms with van der Waals surface area (Å²) < 4.78 is 0. The summed E-state index contributed by atoms with van der Waals surface area (Å²) in [7, 11) is 0. The van der Waals surface area contributed by atoms with Gasteiger partial charge in [0.2, 0.25) is 0 Å². The molecule has 0 radical (unpaired) electrons. The van der Waals surface area contributed by atoms with Crippen LogP contribution in [0.4, 0.5) is 0 Å². The molecule has 112 valence electrons. The fraction of sp³-hybridized carbons (Fsp3) is 0.647. The number of hydrogen-bond acceptors (Lipinski definition) is 3. The Bertz CT molecular complexity index is 378. The van der Waals surface area contributed by atoms with Crippen LogP contribution in [0.25, 0.3) is 0 Å². The third-order valence-electron chi connectivity index (χ3n) is 4.43. The summed E-state index contributed by atoms with van der Waals surface area (Å²) in [6.45, 7) is 10.6. The minimum absolute atomic E-state index is 0.790. The highest BCUT2D eigenvalue weighted by Gasteiger charge is 2.21. The van der Waals surface area contributed by atoms with Crippen molar-refractivity contribution in [2.24, 2.45) is 0 Å². The third-order valence-corrected chi connectivity index (χ3v) is 5.17. The SMILES string of the molecule is CCC(CC)N1CCN(Cc2ccc(SC)cc2)CC1. The summed E-state index contributed by atoms with van der Waals surface area (Å²) in [5.74, 6) is 0. The lowest BCUT2D eigenvalue weighted by atomic mass is 10.1. The molecule has 1 fully saturated rings. The maximum Gasteiger partial charge on any atom is 0.0234 e. The van der Waals surface area contributed by atoms with Gasteiger partial charge in [-0.3, -0.25) is 9.80 Å². The summed E-state index contributed by atoms with van der Waals surface area (Å²) in [5, 5.41) is 0. The monoisotopic (exact) mass is 292 g/mol. The molecule has 2 nitrogen and oxygen atoms in total. The third kappa shape index (κ3) is 4.24. The van der Waals surface area contributed by atoms with E-state index in [1.165, 1.54) is 49.5 Å². The molecule has 20 heavy (non-hydrogen) atoms. The van der Waals surface area contributed by atoms with E-state index < -0.39 is 0 Å². The number of rotatable bonds is 6. The van der Waals surface area contributed by atoms with Crippen molar-refractivity contribution in [1.82, 2.24) is 9.80 Å². The van der Waals surface area contributed by atoms with Crippen LogP contribution in [-0.4, -0.2) is 48.3 Å². The molecule has 2 rings (SSSR count). The number of piperazine rings is 1. The van der Waals surface area contributed by atoms with Crippen molar-refractivity contribution in [3.63, 3.8) is 0 Å². The zero-order valence-corrected chi connectivity index (χ0v) is 14.0. The Labute approximate surface area is 128 Å². The van der Waals surface area contributed by atoms with Gasteiger partial charge in [0.15, 0.2) is 0 Å². The topological polar surface area (TPSA) is 6.48 Å². The molecule has 0 aliphatic carbocycles. The van der Waals surface area contributed by atoms with E-state index in [2.05, 4.69) is 54.2 Å². The molecule has 0 spiro atoms. The molecule has 0 saturated carbocycles. The van der Waals surface area contributed by atoms with Crippen molar-refractivity contribution < 1.29 is 0 Å². The number of thioether (sulfide) groups is 1. The van der Waals surface area contributed by atoms with E-state index in [9.17, 15) is 0 Å². The van der Waals surface area contributed by atoms with E-state index in [0.717, 1.165) is 12.6 Å². The number of nitrogens with zero attached hydrogens (tertiary/aromatic N) is 2. The van der Waals surface area contributed by atoms with Gasteiger partial charge in [0.05, 0.1) is 0 Å². The molecule has 1 aromatic rings. The summed E-state index contributed by atoms with van der Waals surface area (Å²) >= 11 is 1.81. The molecule has 1 saturated heterocycles. The number of hydrogen-bond donors (Lipinski definition) is 0. The Balaban J connectivity index is 1.81. The van der Waals surface area contributed by atoms with Crippen LogP contribution in [0.5, 0.6) is 0 Å². The van der Waals surface area contributed by atoms with Crippen molar-refractivity contribution >= 4 is 11.8 Å². The van der Waals surface area contributed by atoms with Gasteiger partial charge in [-0.25, -0.2) is 0 Å². The number of benzene rings is 1. The van der Waals surface area contributed by atoms with Gasteiger partial charge in [-0.2, -0.15) is 0 Å². The molecule has 1 aliphatic heterocycles. The van der Waals surface area contributed by atoms with Gasteiger partial charge in [-0.1, -0.05) is 26.0 Å². The highest BCUT2D eigenvalue weighted by Crippen LogP contribution is 2.17. The van der Waals surface area contributed by atoms with Crippen LogP contribution < -0.4 is 0 Å². The van der Waals surface area contributed by atoms with Gasteiger partial charge < -0.3 is 0 Å². The van der Waals surface area contributed by atoms with E-state index >= 15 is 0 Å². The predicted molar refractivity (Wildman–Crippen MR) is 89.4 cm³/mol. The highest BCUT2D eigenvalue weighted by molar-refractivity contribution is 7.98. The molecule has 1 aromatic carbocycles. The quantitative estimate of drug-likeness (QED) is 0.738. The normalized spacial score (nSPS) is 17.8. The van der Waals surface area contributed by atoms with Crippen LogP contribution in [0.15, 0.2) is 29.2 Å². The molecule has 0 N–H and O–H groups in total. The smallest absolute Gasteiger partial charge is 0.0234 e. The first-order valence-corrected chi connectivity index (χ1v) is 9.08. The first-order valence-electron chi connectivity index (χ1n) is 7.86. The standard InChI is InChI=1S/C17H28N2S/c1-4-16(5-2)19-12-10-18(11-13-19)14-15-6-8-17(20-3)9-7-15/h6-9,16H,4-5,10-14H2,1-3H3. The van der Waals surface area contributed by atoms with E-state index in [1.54, 1.807) is 0 Å². The van der Waals surface area contributed by atoms with Crippen molar-refractivity contribution in [3.8, 4) is 0 Å². The Morgan fingerprint density at radius 2 is 1.60 bits per heavy atom. The minimum atomic E-state index is 0.790. The average molecular weight is 292 g/mol. The van der Waals surface area contributed by atoms with Gasteiger partial charge in [0, 0.05) is 43.7 Å². The fourth-order valence-electron chi connectivity index (χ4n) is 3.08. The second kappa shape index (κ2) is 8.06. The fourth-order valence-corrected chi connectivity index (χ4v) is 3.49. The largest absolute Gasteiger partial charge is 0.298 e. The van der Waals surface area contributed by atoms with E-state index in [4.69, 9.17) is 0 Å². The van der Waals surface area contributed by atoms with Crippen molar-refractivity contribution in [2.75, 3.05) is 32.4 Å². The lowest BCUT2D eigenvalue weighted by molar-refractivity contribution is 0.0881. The van der Waals surface area contributed by atoms with Crippen LogP contribution in [0.2, 0.25) is 0 Å². The molecule has 0 aromatic heterocycles. The molecular formula is C17H28N2S. The van der Waals surface area contributed by atoms with Crippen molar-refractivity contribution in [2.45, 2.75) is 44.2 Å². The van der Waals surface area contributed by atoms with Gasteiger partial charge in [-0.15, -0.1) is 11.8 Å². The molecule has 0 atom stereocenters. The van der Waals surface area contributed by atoms with Crippen LogP contribution in [0.1, 0.15) is 32.3 Å². The zero-order valence-electron chi connectivity index (χ0n) is 13.1. The molecular weight excluding hydrogens is 264 g/mol. The molecule has 0 amide bonds. The van der Waals surface area contributed by atoms with Crippen LogP contribution >= 0.6 is 11.8 Å². The Morgan fingerprint density at radius 1 is 1.00 bits per heavy atom. The zero-order chi connectivity index (χ0) is 14.4. The molecule has 0 bridgehead atoms. The Morgan fingerprint density at radius 3 is 2.10 bits per heavy atom. The second-order valence-electron chi connectivity index (χ2n) is 5.63. The van der Waals surface area contributed by atoms with Gasteiger partial charge in [-0.05, 0) is 36.8 Å². The average Bonchev–Trinajstić information content (AvgIpc) is 2.51. The second-order valence-corrected chi connectivity index (χ2v) is 6.51. The van der Waals surface area contributed by atoms with E-state index in [-0.39, 0.29) is 0 Å². The highest BCUT2D eigenvalue weighted by atomic mass is 32.2. The summed E-state index contributed by atoms with van der Waals surface area (Å²) in [5.41, 5.74) is 1.44. The van der Waals surface area contributed by atoms with Gasteiger partial charge in [0.25, 0.3) is 0 Å². The van der Waals surface area contributed by atoms with Gasteiger partial charge >= 0.3 is 0 Å². The minimum Gasteiger partial charge on any atom is -0.298 e. The van der Waals surface area contributed by atoms with Crippen LogP contribution in [-0.2, 0) is 6.54 Å².